The Balaban J connectivity index is 1.41. The summed E-state index contributed by atoms with van der Waals surface area (Å²) in [5.41, 5.74) is 2.05. The quantitative estimate of drug-likeness (QED) is 0.791. The maximum atomic E-state index is 13.4. The van der Waals surface area contributed by atoms with Crippen LogP contribution in [0.2, 0.25) is 0 Å². The zero-order valence-electron chi connectivity index (χ0n) is 16.2. The molecular weight excluding hydrogens is 365 g/mol. The Morgan fingerprint density at radius 2 is 1.82 bits per heavy atom. The van der Waals surface area contributed by atoms with Crippen LogP contribution in [0, 0.1) is 6.92 Å². The first kappa shape index (κ1) is 19.4. The fourth-order valence-electron chi connectivity index (χ4n) is 4.77. The maximum Gasteiger partial charge on any atom is 0.404 e. The highest BCUT2D eigenvalue weighted by atomic mass is 19.4. The smallest absolute Gasteiger partial charge is 0.367 e. The molecular formula is C21H27F3N4. The van der Waals surface area contributed by atoms with Crippen LogP contribution in [0.15, 0.2) is 24.5 Å². The molecule has 4 rings (SSSR count). The first-order valence-corrected chi connectivity index (χ1v) is 10.2. The van der Waals surface area contributed by atoms with Crippen molar-refractivity contribution in [3.8, 4) is 0 Å². The van der Waals surface area contributed by atoms with E-state index in [9.17, 15) is 13.2 Å². The Morgan fingerprint density at radius 1 is 1.04 bits per heavy atom. The molecule has 1 aromatic heterocycles. The van der Waals surface area contributed by atoms with Crippen LogP contribution in [-0.2, 0) is 0 Å². The molecule has 7 heteroatoms. The number of nitrogens with one attached hydrogen (secondary N) is 1. The predicted molar refractivity (Wildman–Crippen MR) is 104 cm³/mol. The number of anilines is 1. The molecule has 1 unspecified atom stereocenters. The molecule has 0 spiro atoms. The molecule has 0 bridgehead atoms. The molecule has 1 aromatic carbocycles. The van der Waals surface area contributed by atoms with E-state index in [0.29, 0.717) is 13.0 Å². The van der Waals surface area contributed by atoms with Gasteiger partial charge in [0.15, 0.2) is 0 Å². The van der Waals surface area contributed by atoms with E-state index >= 15 is 0 Å². The van der Waals surface area contributed by atoms with Crippen molar-refractivity contribution >= 4 is 16.7 Å². The first-order valence-electron chi connectivity index (χ1n) is 10.2. The summed E-state index contributed by atoms with van der Waals surface area (Å²) in [6.07, 6.45) is 2.56. The fraction of sp³-hybridized carbons (Fsp3) is 0.619. The Labute approximate surface area is 163 Å². The second-order valence-electron chi connectivity index (χ2n) is 8.18. The van der Waals surface area contributed by atoms with E-state index in [1.54, 1.807) is 11.2 Å². The van der Waals surface area contributed by atoms with Crippen LogP contribution in [0.1, 0.15) is 50.5 Å². The third-order valence-electron chi connectivity index (χ3n) is 6.22. The third-order valence-corrected chi connectivity index (χ3v) is 6.22. The number of alkyl halides is 3. The molecule has 1 saturated carbocycles. The van der Waals surface area contributed by atoms with Gasteiger partial charge < -0.3 is 5.32 Å². The highest BCUT2D eigenvalue weighted by Crippen LogP contribution is 2.37. The molecule has 0 amide bonds. The lowest BCUT2D eigenvalue weighted by molar-refractivity contribution is -0.199. The van der Waals surface area contributed by atoms with Crippen LogP contribution >= 0.6 is 0 Å². The lowest BCUT2D eigenvalue weighted by Gasteiger charge is -2.44. The van der Waals surface area contributed by atoms with Gasteiger partial charge in [-0.05, 0) is 64.1 Å². The zero-order valence-corrected chi connectivity index (χ0v) is 16.2. The third kappa shape index (κ3) is 4.09. The minimum absolute atomic E-state index is 0.0364. The molecule has 1 atom stereocenters. The summed E-state index contributed by atoms with van der Waals surface area (Å²) < 4.78 is 40.3. The van der Waals surface area contributed by atoms with Gasteiger partial charge in [0, 0.05) is 17.5 Å². The highest BCUT2D eigenvalue weighted by Gasteiger charge is 2.46. The molecule has 2 aromatic rings. The number of hydrogen-bond donors (Lipinski definition) is 1. The number of halogens is 3. The molecule has 1 saturated heterocycles. The van der Waals surface area contributed by atoms with Crippen LogP contribution in [-0.4, -0.2) is 45.7 Å². The van der Waals surface area contributed by atoms with Gasteiger partial charge in [0.1, 0.15) is 18.2 Å². The van der Waals surface area contributed by atoms with Crippen molar-refractivity contribution in [1.82, 2.24) is 14.9 Å². The summed E-state index contributed by atoms with van der Waals surface area (Å²) in [7, 11) is 0. The number of nitrogens with zero attached hydrogens (tertiary/aromatic N) is 3. The lowest BCUT2D eigenvalue weighted by Crippen LogP contribution is -2.54. The Hall–Kier alpha value is -1.89. The molecule has 4 nitrogen and oxygen atoms in total. The van der Waals surface area contributed by atoms with Crippen molar-refractivity contribution < 1.29 is 13.2 Å². The minimum Gasteiger partial charge on any atom is -0.367 e. The molecule has 1 N–H and O–H groups in total. The van der Waals surface area contributed by atoms with Gasteiger partial charge in [0.2, 0.25) is 0 Å². The molecule has 152 valence electrons. The molecule has 2 aliphatic rings. The van der Waals surface area contributed by atoms with E-state index in [1.165, 1.54) is 0 Å². The maximum absolute atomic E-state index is 13.4. The van der Waals surface area contributed by atoms with Crippen molar-refractivity contribution in [3.05, 3.63) is 30.1 Å². The molecule has 28 heavy (non-hydrogen) atoms. The van der Waals surface area contributed by atoms with E-state index in [2.05, 4.69) is 21.4 Å². The van der Waals surface area contributed by atoms with Gasteiger partial charge in [-0.3, -0.25) is 4.90 Å². The van der Waals surface area contributed by atoms with Crippen molar-refractivity contribution in [2.24, 2.45) is 0 Å². The van der Waals surface area contributed by atoms with Crippen LogP contribution in [0.3, 0.4) is 0 Å². The normalized spacial score (nSPS) is 27.1. The minimum atomic E-state index is -4.12. The summed E-state index contributed by atoms with van der Waals surface area (Å²) in [6, 6.07) is 5.11. The van der Waals surface area contributed by atoms with Gasteiger partial charge in [0.05, 0.1) is 5.52 Å². The number of hydrogen-bond acceptors (Lipinski definition) is 4. The highest BCUT2D eigenvalue weighted by molar-refractivity contribution is 5.89. The number of aryl methyl sites for hydroxylation is 1. The van der Waals surface area contributed by atoms with Crippen molar-refractivity contribution in [2.45, 2.75) is 76.2 Å². The first-order chi connectivity index (χ1) is 13.4. The number of rotatable bonds is 3. The molecule has 1 aliphatic heterocycles. The molecule has 2 heterocycles. The van der Waals surface area contributed by atoms with Crippen LogP contribution in [0.5, 0.6) is 0 Å². The van der Waals surface area contributed by atoms with Crippen LogP contribution < -0.4 is 5.32 Å². The van der Waals surface area contributed by atoms with Crippen LogP contribution in [0.25, 0.3) is 10.9 Å². The van der Waals surface area contributed by atoms with Gasteiger partial charge in [-0.2, -0.15) is 13.2 Å². The number of likely N-dealkylation sites (tertiary alicyclic amines) is 1. The summed E-state index contributed by atoms with van der Waals surface area (Å²) >= 11 is 0. The second-order valence-corrected chi connectivity index (χ2v) is 8.18. The number of benzene rings is 1. The largest absolute Gasteiger partial charge is 0.404 e. The average molecular weight is 392 g/mol. The summed E-state index contributed by atoms with van der Waals surface area (Å²) in [4.78, 5) is 10.5. The monoisotopic (exact) mass is 392 g/mol. The Kier molecular flexibility index (Phi) is 5.45. The SMILES string of the molecule is Cc1ccc2ncnc(NC3CCC(N4CCCCC4C(F)(F)F)CC3)c2c1. The van der Waals surface area contributed by atoms with E-state index < -0.39 is 12.2 Å². The topological polar surface area (TPSA) is 41.1 Å². The van der Waals surface area contributed by atoms with Crippen molar-refractivity contribution in [2.75, 3.05) is 11.9 Å². The summed E-state index contributed by atoms with van der Waals surface area (Å²) in [6.45, 7) is 2.61. The van der Waals surface area contributed by atoms with E-state index in [1.807, 2.05) is 19.1 Å². The summed E-state index contributed by atoms with van der Waals surface area (Å²) in [5, 5.41) is 4.52. The van der Waals surface area contributed by atoms with Gasteiger partial charge in [-0.25, -0.2) is 9.97 Å². The van der Waals surface area contributed by atoms with Gasteiger partial charge >= 0.3 is 6.18 Å². The predicted octanol–water partition coefficient (Wildman–Crippen LogP) is 5.08. The standard InChI is InChI=1S/C21H27F3N4/c1-14-5-10-18-17(12-14)20(26-13-25-18)27-15-6-8-16(9-7-15)28-11-3-2-4-19(28)21(22,23)24/h5,10,12-13,15-16,19H,2-4,6-9,11H2,1H3,(H,25,26,27). The lowest BCUT2D eigenvalue weighted by atomic mass is 9.87. The van der Waals surface area contributed by atoms with E-state index in [0.717, 1.165) is 54.4 Å². The van der Waals surface area contributed by atoms with E-state index in [-0.39, 0.29) is 18.5 Å². The van der Waals surface area contributed by atoms with Gasteiger partial charge in [0.25, 0.3) is 0 Å². The van der Waals surface area contributed by atoms with Gasteiger partial charge in [-0.1, -0.05) is 18.1 Å². The number of aromatic nitrogens is 2. The number of fused-ring (bicyclic) bond motifs is 1. The summed E-state index contributed by atoms with van der Waals surface area (Å²) in [5.74, 6) is 0.822. The fourth-order valence-corrected chi connectivity index (χ4v) is 4.77. The molecule has 1 aliphatic carbocycles. The molecule has 0 radical (unpaired) electrons. The zero-order chi connectivity index (χ0) is 19.7. The second kappa shape index (κ2) is 7.85. The van der Waals surface area contributed by atoms with Gasteiger partial charge in [-0.15, -0.1) is 0 Å². The molecule has 2 fully saturated rings. The van der Waals surface area contributed by atoms with Crippen molar-refractivity contribution in [1.29, 1.82) is 0 Å². The number of piperidine rings is 1. The van der Waals surface area contributed by atoms with Crippen LogP contribution in [0.4, 0.5) is 19.0 Å². The Bertz CT molecular complexity index is 815. The average Bonchev–Trinajstić information content (AvgIpc) is 2.68. The van der Waals surface area contributed by atoms with E-state index in [4.69, 9.17) is 0 Å². The van der Waals surface area contributed by atoms with Crippen molar-refractivity contribution in [3.63, 3.8) is 0 Å². The Morgan fingerprint density at radius 3 is 2.57 bits per heavy atom.